The van der Waals surface area contributed by atoms with E-state index >= 15 is 0 Å². The van der Waals surface area contributed by atoms with Crippen molar-refractivity contribution >= 4 is 257 Å². The molecule has 36 nitrogen and oxygen atoms in total. The Bertz CT molecular complexity index is 3750. The summed E-state index contributed by atoms with van der Waals surface area (Å²) in [6, 6.07) is 0. The van der Waals surface area contributed by atoms with Crippen molar-refractivity contribution in [1.82, 2.24) is 128 Å². The van der Waals surface area contributed by atoms with Crippen LogP contribution < -0.4 is 0 Å². The summed E-state index contributed by atoms with van der Waals surface area (Å²) in [5.41, 5.74) is 0. The molecule has 9 rings (SSSR count). The normalized spacial score (nSPS) is 10.0. The summed E-state index contributed by atoms with van der Waals surface area (Å²) in [7, 11) is 22.4. The van der Waals surface area contributed by atoms with E-state index in [1.165, 1.54) is 123 Å². The van der Waals surface area contributed by atoms with E-state index in [0.29, 0.717) is 79.1 Å². The fourth-order valence-electron chi connectivity index (χ4n) is 5.00. The van der Waals surface area contributed by atoms with Gasteiger partial charge in [-0.15, -0.1) is 0 Å². The van der Waals surface area contributed by atoms with E-state index < -0.39 is 0 Å². The molecule has 0 N–H and O–H groups in total. The molecule has 624 valence electrons. The second-order valence-electron chi connectivity index (χ2n) is 21.8. The zero-order valence-electron chi connectivity index (χ0n) is 67.1. The number of rotatable bonds is 14. The number of thioether (sulfide) groups is 9. The third-order valence-corrected chi connectivity index (χ3v) is 26.1. The molecule has 9 heterocycles. The summed E-state index contributed by atoms with van der Waals surface area (Å²) in [6.45, 7) is 30.0. The van der Waals surface area contributed by atoms with Crippen LogP contribution in [0.15, 0.2) is 46.4 Å². The number of carbonyl (C=O) groups is 9. The average Bonchev–Trinajstić information content (AvgIpc) is 1.86. The predicted molar refractivity (Wildman–Crippen MR) is 469 cm³/mol. The van der Waals surface area contributed by atoms with E-state index in [9.17, 15) is 43.2 Å². The molecule has 9 aromatic heterocycles. The maximum atomic E-state index is 11.4. The number of hydrogen-bond acceptors (Lipinski definition) is 45. The summed E-state index contributed by atoms with van der Waals surface area (Å²) < 4.78 is 36.0. The minimum Gasteiger partial charge on any atom is -0.339 e. The second kappa shape index (κ2) is 57.5. The van der Waals surface area contributed by atoms with E-state index in [1.54, 1.807) is 116 Å². The Morgan fingerprint density at radius 1 is 0.204 bits per heavy atom. The van der Waals surface area contributed by atoms with E-state index in [4.69, 9.17) is 0 Å². The van der Waals surface area contributed by atoms with Crippen LogP contribution in [-0.4, -0.2) is 300 Å². The first-order chi connectivity index (χ1) is 53.0. The van der Waals surface area contributed by atoms with Gasteiger partial charge >= 0.3 is 0 Å². The third kappa shape index (κ3) is 46.8. The number of aryl methyl sites for hydroxylation is 9. The van der Waals surface area contributed by atoms with Gasteiger partial charge in [0.25, 0.3) is 47.2 Å². The molecule has 0 aliphatic carbocycles. The van der Waals surface area contributed by atoms with Crippen molar-refractivity contribution in [3.05, 3.63) is 45.1 Å². The molecule has 9 amide bonds. The Kier molecular flexibility index (Phi) is 53.6. The number of amides is 9. The van der Waals surface area contributed by atoms with Crippen molar-refractivity contribution in [3.8, 4) is 0 Å². The molecule has 0 fully saturated rings. The molecule has 0 unspecified atom stereocenters. The summed E-state index contributed by atoms with van der Waals surface area (Å²) in [5, 5.41) is 12.6. The predicted octanol–water partition coefficient (Wildman–Crippen LogP) is 16.5. The Hall–Kier alpha value is -5.58. The van der Waals surface area contributed by atoms with Crippen molar-refractivity contribution in [1.29, 1.82) is 0 Å². The Balaban J connectivity index is 0.000000636. The zero-order valence-corrected chi connectivity index (χ0v) is 81.8. The van der Waals surface area contributed by atoms with Gasteiger partial charge < -0.3 is 44.1 Å². The van der Waals surface area contributed by atoms with Crippen molar-refractivity contribution in [2.75, 3.05) is 124 Å². The molecule has 0 spiro atoms. The fourth-order valence-corrected chi connectivity index (χ4v) is 16.5. The molecule has 9 aromatic rings. The lowest BCUT2D eigenvalue weighted by Gasteiger charge is -2.11. The molecule has 0 saturated heterocycles. The van der Waals surface area contributed by atoms with E-state index in [-0.39, 0.29) is 47.2 Å². The number of nitrogens with zero attached hydrogens (tertiary/aromatic N) is 27. The van der Waals surface area contributed by atoms with Crippen LogP contribution in [0.5, 0.6) is 0 Å². The van der Waals surface area contributed by atoms with Gasteiger partial charge in [0.15, 0.2) is 0 Å². The average molecular weight is 1900 g/mol. The van der Waals surface area contributed by atoms with E-state index in [0.717, 1.165) is 151 Å². The first-order valence-corrected chi connectivity index (χ1v) is 46.8. The van der Waals surface area contributed by atoms with Crippen LogP contribution in [0.2, 0.25) is 0 Å². The number of aromatic nitrogens is 18. The first-order valence-electron chi connectivity index (χ1n) is 32.5. The monoisotopic (exact) mass is 1900 g/mol. The molecule has 0 radical (unpaired) electrons. The van der Waals surface area contributed by atoms with E-state index in [2.05, 4.69) is 84.2 Å². The lowest BCUT2D eigenvalue weighted by Crippen LogP contribution is -2.21. The van der Waals surface area contributed by atoms with Crippen LogP contribution in [0, 0.1) is 62.3 Å². The number of hydrogen-bond donors (Lipinski definition) is 0. The van der Waals surface area contributed by atoms with Crippen LogP contribution in [0.3, 0.4) is 0 Å². The van der Waals surface area contributed by atoms with Crippen molar-refractivity contribution in [3.63, 3.8) is 0 Å². The van der Waals surface area contributed by atoms with Gasteiger partial charge in [-0.25, -0.2) is 44.9 Å². The minimum absolute atomic E-state index is 0.0136. The van der Waals surface area contributed by atoms with Gasteiger partial charge in [-0.3, -0.25) is 43.2 Å². The molecule has 0 aliphatic rings. The summed E-state index contributed by atoms with van der Waals surface area (Å²) >= 11 is 21.3. The Morgan fingerprint density at radius 3 is 0.372 bits per heavy atom. The molecule has 0 atom stereocenters. The highest BCUT2D eigenvalue weighted by molar-refractivity contribution is 8.15. The highest BCUT2D eigenvalue weighted by atomic mass is 32.2. The topological polar surface area (TPSA) is 415 Å². The van der Waals surface area contributed by atoms with Gasteiger partial charge in [0.05, 0.1) is 0 Å². The van der Waals surface area contributed by atoms with Crippen LogP contribution in [0.25, 0.3) is 0 Å². The molecule has 0 aromatic carbocycles. The first kappa shape index (κ1) is 105. The maximum absolute atomic E-state index is 11.4. The third-order valence-electron chi connectivity index (χ3n) is 11.6. The van der Waals surface area contributed by atoms with Gasteiger partial charge in [0.2, 0.25) is 46.4 Å². The van der Waals surface area contributed by atoms with Gasteiger partial charge in [-0.05, 0) is 201 Å². The summed E-state index contributed by atoms with van der Waals surface area (Å²) in [4.78, 5) is 152. The maximum Gasteiger partial charge on any atom is 0.289 e. The molecule has 0 aliphatic heterocycles. The molecule has 0 saturated carbocycles. The van der Waals surface area contributed by atoms with Gasteiger partial charge in [-0.2, -0.15) is 39.4 Å². The molecule has 113 heavy (non-hydrogen) atoms. The standard InChI is InChI=1S/5C7H11N3OS2.4C6H9N3OS2/c5*1-4-10(3)7(11)12-6-8-5(2)13-9-6;4*1-4-7-5(8-12-4)11-6(10)9(2)3/h5*4H2,1-3H3;4*1-3H3. The Labute approximate surface area is 733 Å². The quantitative estimate of drug-likeness (QED) is 0.0912. The molecule has 0 bridgehead atoms. The fraction of sp³-hybridized carbons (Fsp3) is 0.542. The zero-order chi connectivity index (χ0) is 85.8. The van der Waals surface area contributed by atoms with Gasteiger partial charge in [0, 0.05) is 230 Å². The lowest BCUT2D eigenvalue weighted by atomic mass is 10.7. The van der Waals surface area contributed by atoms with E-state index in [1.807, 2.05) is 96.9 Å². The van der Waals surface area contributed by atoms with Crippen LogP contribution in [-0.2, 0) is 0 Å². The molecular formula is C59H91N27O9S18. The van der Waals surface area contributed by atoms with Gasteiger partial charge in [0.1, 0.15) is 45.1 Å². The molecular weight excluding hydrogens is 1810 g/mol. The van der Waals surface area contributed by atoms with Crippen LogP contribution >= 0.6 is 210 Å². The van der Waals surface area contributed by atoms with Gasteiger partial charge in [-0.1, -0.05) is 0 Å². The number of carbonyl (C=O) groups excluding carboxylic acids is 9. The van der Waals surface area contributed by atoms with Crippen molar-refractivity contribution in [2.45, 2.75) is 143 Å². The van der Waals surface area contributed by atoms with Crippen molar-refractivity contribution in [2.24, 2.45) is 0 Å². The lowest BCUT2D eigenvalue weighted by molar-refractivity contribution is 0.235. The summed E-state index contributed by atoms with van der Waals surface area (Å²) in [5.74, 6) is 0. The van der Waals surface area contributed by atoms with Crippen molar-refractivity contribution < 1.29 is 43.2 Å². The van der Waals surface area contributed by atoms with Crippen LogP contribution in [0.4, 0.5) is 43.2 Å². The van der Waals surface area contributed by atoms with Crippen LogP contribution in [0.1, 0.15) is 79.7 Å². The second-order valence-corrected chi connectivity index (χ2v) is 38.7. The molecule has 54 heteroatoms. The summed E-state index contributed by atoms with van der Waals surface area (Å²) in [6.07, 6.45) is 0. The highest BCUT2D eigenvalue weighted by Crippen LogP contribution is 2.26. The smallest absolute Gasteiger partial charge is 0.289 e. The largest absolute Gasteiger partial charge is 0.339 e. The SMILES string of the molecule is CCN(C)C(=O)Sc1nsc(C)n1.CCN(C)C(=O)Sc1nsc(C)n1.CCN(C)C(=O)Sc1nsc(C)n1.CCN(C)C(=O)Sc1nsc(C)n1.CCN(C)C(=O)Sc1nsc(C)n1.Cc1nc(SC(=O)N(C)C)ns1.Cc1nc(SC(=O)N(C)C)ns1.Cc1nc(SC(=O)N(C)C)ns1.Cc1nc(SC(=O)N(C)C)ns1. The Morgan fingerprint density at radius 2 is 0.301 bits per heavy atom. The highest BCUT2D eigenvalue weighted by Gasteiger charge is 2.19. The minimum atomic E-state index is -0.0483.